The smallest absolute Gasteiger partial charge is 0.340 e. The molecule has 0 bridgehead atoms. The van der Waals surface area contributed by atoms with Gasteiger partial charge in [-0.15, -0.1) is 0 Å². The highest BCUT2D eigenvalue weighted by atomic mass is 19.4. The van der Waals surface area contributed by atoms with Gasteiger partial charge in [0.05, 0.1) is 11.1 Å². The van der Waals surface area contributed by atoms with E-state index in [2.05, 4.69) is 20.6 Å². The number of fused-ring (bicyclic) bond motifs is 1. The number of alkyl halides is 3. The van der Waals surface area contributed by atoms with E-state index in [9.17, 15) is 27.6 Å². The van der Waals surface area contributed by atoms with E-state index in [1.165, 1.54) is 18.2 Å². The Morgan fingerprint density at radius 1 is 1.29 bits per heavy atom. The molecule has 3 rings (SSSR count). The number of nitrogens with one attached hydrogen (secondary N) is 3. The SMILES string of the molecule is O=C1CCC(NC(=O)c2cccc3[nH]c(C(F)(F)F)nc23)C(=O)N1. The first-order chi connectivity index (χ1) is 11.3. The first-order valence-corrected chi connectivity index (χ1v) is 6.96. The minimum absolute atomic E-state index is 0.0539. The normalized spacial score (nSPS) is 18.5. The molecule has 2 heterocycles. The number of carbonyl (C=O) groups is 3. The summed E-state index contributed by atoms with van der Waals surface area (Å²) in [5.41, 5.74) is -0.184. The van der Waals surface area contributed by atoms with Crippen molar-refractivity contribution in [2.45, 2.75) is 25.1 Å². The van der Waals surface area contributed by atoms with Crippen molar-refractivity contribution < 1.29 is 27.6 Å². The highest BCUT2D eigenvalue weighted by molar-refractivity contribution is 6.08. The van der Waals surface area contributed by atoms with Crippen LogP contribution in [0.4, 0.5) is 13.2 Å². The van der Waals surface area contributed by atoms with Crippen LogP contribution in [-0.4, -0.2) is 33.7 Å². The average Bonchev–Trinajstić information content (AvgIpc) is 2.94. The van der Waals surface area contributed by atoms with E-state index in [0.717, 1.165) is 0 Å². The molecule has 2 aromatic rings. The minimum atomic E-state index is -4.67. The fourth-order valence-electron chi connectivity index (χ4n) is 2.42. The lowest BCUT2D eigenvalue weighted by molar-refractivity contribution is -0.144. The molecule has 1 fully saturated rings. The van der Waals surface area contributed by atoms with Gasteiger partial charge in [0.2, 0.25) is 17.6 Å². The Labute approximate surface area is 132 Å². The third kappa shape index (κ3) is 2.94. The van der Waals surface area contributed by atoms with Crippen LogP contribution in [0.2, 0.25) is 0 Å². The zero-order valence-electron chi connectivity index (χ0n) is 12.0. The van der Waals surface area contributed by atoms with Crippen LogP contribution < -0.4 is 10.6 Å². The number of aromatic nitrogens is 2. The Morgan fingerprint density at radius 2 is 2.04 bits per heavy atom. The number of rotatable bonds is 2. The molecule has 126 valence electrons. The Hall–Kier alpha value is -2.91. The van der Waals surface area contributed by atoms with Crippen LogP contribution in [0.1, 0.15) is 29.0 Å². The van der Waals surface area contributed by atoms with E-state index in [-0.39, 0.29) is 29.4 Å². The second kappa shape index (κ2) is 5.62. The van der Waals surface area contributed by atoms with Crippen LogP contribution in [0.25, 0.3) is 11.0 Å². The maximum atomic E-state index is 12.7. The summed E-state index contributed by atoms with van der Waals surface area (Å²) in [5.74, 6) is -3.03. The van der Waals surface area contributed by atoms with Crippen molar-refractivity contribution in [3.05, 3.63) is 29.6 Å². The Balaban J connectivity index is 1.88. The fourth-order valence-corrected chi connectivity index (χ4v) is 2.42. The zero-order valence-corrected chi connectivity index (χ0v) is 12.0. The lowest BCUT2D eigenvalue weighted by Gasteiger charge is -2.21. The van der Waals surface area contributed by atoms with E-state index in [4.69, 9.17) is 0 Å². The van der Waals surface area contributed by atoms with Gasteiger partial charge in [-0.1, -0.05) is 6.07 Å². The first-order valence-electron chi connectivity index (χ1n) is 6.96. The highest BCUT2D eigenvalue weighted by Gasteiger charge is 2.35. The van der Waals surface area contributed by atoms with Crippen molar-refractivity contribution in [1.82, 2.24) is 20.6 Å². The molecule has 1 unspecified atom stereocenters. The molecule has 3 amide bonds. The van der Waals surface area contributed by atoms with Gasteiger partial charge in [0.15, 0.2) is 0 Å². The van der Waals surface area contributed by atoms with Crippen LogP contribution in [0.15, 0.2) is 18.2 Å². The van der Waals surface area contributed by atoms with E-state index >= 15 is 0 Å². The van der Waals surface area contributed by atoms with Crippen LogP contribution >= 0.6 is 0 Å². The molecule has 3 N–H and O–H groups in total. The van der Waals surface area contributed by atoms with Crippen molar-refractivity contribution in [3.63, 3.8) is 0 Å². The number of amides is 3. The predicted molar refractivity (Wildman–Crippen MR) is 74.7 cm³/mol. The zero-order chi connectivity index (χ0) is 17.5. The second-order valence-corrected chi connectivity index (χ2v) is 5.26. The standard InChI is InChI=1S/C14H11F3N4O3/c15-14(16,17)13-19-7-3-1-2-6(10(7)21-13)11(23)18-8-4-5-9(22)20-12(8)24/h1-3,8H,4-5H2,(H,18,23)(H,19,21)(H,20,22,24). The summed E-state index contributed by atoms with van der Waals surface area (Å²) in [6, 6.07) is 3.15. The lowest BCUT2D eigenvalue weighted by Crippen LogP contribution is -2.52. The van der Waals surface area contributed by atoms with Gasteiger partial charge in [0, 0.05) is 6.42 Å². The van der Waals surface area contributed by atoms with Gasteiger partial charge in [0.25, 0.3) is 5.91 Å². The van der Waals surface area contributed by atoms with Crippen molar-refractivity contribution in [2.24, 2.45) is 0 Å². The molecule has 0 spiro atoms. The number of nitrogens with zero attached hydrogens (tertiary/aromatic N) is 1. The largest absolute Gasteiger partial charge is 0.449 e. The first kappa shape index (κ1) is 16.0. The minimum Gasteiger partial charge on any atom is -0.340 e. The number of aromatic amines is 1. The van der Waals surface area contributed by atoms with Crippen LogP contribution in [-0.2, 0) is 15.8 Å². The topological polar surface area (TPSA) is 104 Å². The quantitative estimate of drug-likeness (QED) is 0.713. The number of imide groups is 1. The van der Waals surface area contributed by atoms with Crippen molar-refractivity contribution in [1.29, 1.82) is 0 Å². The summed E-state index contributed by atoms with van der Waals surface area (Å²) in [4.78, 5) is 40.6. The molecule has 24 heavy (non-hydrogen) atoms. The Kier molecular flexibility index (Phi) is 3.74. The number of halogens is 3. The van der Waals surface area contributed by atoms with Crippen molar-refractivity contribution in [2.75, 3.05) is 0 Å². The summed E-state index contributed by atoms with van der Waals surface area (Å²) in [5, 5.41) is 4.49. The van der Waals surface area contributed by atoms with Gasteiger partial charge in [-0.05, 0) is 18.6 Å². The van der Waals surface area contributed by atoms with E-state index in [1.54, 1.807) is 0 Å². The molecule has 1 atom stereocenters. The molecule has 0 radical (unpaired) electrons. The van der Waals surface area contributed by atoms with Gasteiger partial charge in [-0.3, -0.25) is 19.7 Å². The number of imidazole rings is 1. The maximum absolute atomic E-state index is 12.7. The van der Waals surface area contributed by atoms with Gasteiger partial charge in [-0.2, -0.15) is 13.2 Å². The van der Waals surface area contributed by atoms with Gasteiger partial charge >= 0.3 is 6.18 Å². The summed E-state index contributed by atoms with van der Waals surface area (Å²) in [6.07, 6.45) is -4.47. The number of benzene rings is 1. The molecular formula is C14H11F3N4O3. The summed E-state index contributed by atoms with van der Waals surface area (Å²) in [7, 11) is 0. The number of hydrogen-bond acceptors (Lipinski definition) is 4. The molecule has 1 aliphatic rings. The van der Waals surface area contributed by atoms with E-state index in [0.29, 0.717) is 0 Å². The fraction of sp³-hybridized carbons (Fsp3) is 0.286. The summed E-state index contributed by atoms with van der Waals surface area (Å²) >= 11 is 0. The van der Waals surface area contributed by atoms with Crippen LogP contribution in [0.3, 0.4) is 0 Å². The average molecular weight is 340 g/mol. The molecule has 0 aliphatic carbocycles. The molecule has 10 heteroatoms. The number of hydrogen-bond donors (Lipinski definition) is 3. The summed E-state index contributed by atoms with van der Waals surface area (Å²) in [6.45, 7) is 0. The third-order valence-electron chi connectivity index (χ3n) is 3.57. The molecule has 1 saturated heterocycles. The van der Waals surface area contributed by atoms with Crippen LogP contribution in [0.5, 0.6) is 0 Å². The van der Waals surface area contributed by atoms with E-state index in [1.807, 2.05) is 0 Å². The Bertz CT molecular complexity index is 843. The Morgan fingerprint density at radius 3 is 2.71 bits per heavy atom. The van der Waals surface area contributed by atoms with Crippen molar-refractivity contribution >= 4 is 28.8 Å². The summed E-state index contributed by atoms with van der Waals surface area (Å²) < 4.78 is 38.2. The van der Waals surface area contributed by atoms with Crippen LogP contribution in [0, 0.1) is 0 Å². The molecular weight excluding hydrogens is 329 g/mol. The van der Waals surface area contributed by atoms with Crippen molar-refractivity contribution in [3.8, 4) is 0 Å². The molecule has 7 nitrogen and oxygen atoms in total. The number of para-hydroxylation sites is 1. The van der Waals surface area contributed by atoms with E-state index < -0.39 is 35.8 Å². The lowest BCUT2D eigenvalue weighted by atomic mass is 10.1. The highest BCUT2D eigenvalue weighted by Crippen LogP contribution is 2.29. The van der Waals surface area contributed by atoms with Gasteiger partial charge in [0.1, 0.15) is 11.6 Å². The molecule has 1 aromatic carbocycles. The van der Waals surface area contributed by atoms with Gasteiger partial charge < -0.3 is 10.3 Å². The molecule has 1 aliphatic heterocycles. The number of H-pyrrole nitrogens is 1. The second-order valence-electron chi connectivity index (χ2n) is 5.26. The van der Waals surface area contributed by atoms with Gasteiger partial charge in [-0.25, -0.2) is 4.98 Å². The number of carbonyl (C=O) groups excluding carboxylic acids is 3. The maximum Gasteiger partial charge on any atom is 0.449 e. The third-order valence-corrected chi connectivity index (χ3v) is 3.57. The monoisotopic (exact) mass is 340 g/mol. The predicted octanol–water partition coefficient (Wildman–Crippen LogP) is 1.12. The molecule has 0 saturated carbocycles. The molecule has 1 aromatic heterocycles. The number of piperidine rings is 1.